The van der Waals surface area contributed by atoms with Crippen LogP contribution in [0.4, 0.5) is 11.4 Å². The van der Waals surface area contributed by atoms with Gasteiger partial charge in [0.15, 0.2) is 11.5 Å². The molecule has 2 aromatic carbocycles. The maximum Gasteiger partial charge on any atom is 0.297 e. The zero-order valence-electron chi connectivity index (χ0n) is 19.1. The number of carbonyl (C=O) groups excluding carboxylic acids is 1. The number of fused-ring (bicyclic) bond motifs is 1. The Morgan fingerprint density at radius 1 is 0.933 bits per heavy atom. The molecule has 160 valence electrons. The van der Waals surface area contributed by atoms with E-state index in [9.17, 15) is 4.79 Å². The monoisotopic (exact) mass is 423 g/mol. The highest BCUT2D eigenvalue weighted by atomic mass is 28.3. The van der Waals surface area contributed by atoms with Gasteiger partial charge in [0.2, 0.25) is 0 Å². The fraction of sp³-hybridized carbons (Fsp3) is 0.400. The molecular formula is C25H33NO3Si. The Morgan fingerprint density at radius 2 is 1.53 bits per heavy atom. The van der Waals surface area contributed by atoms with Gasteiger partial charge in [-0.1, -0.05) is 59.7 Å². The molecule has 3 rings (SSSR count). The van der Waals surface area contributed by atoms with Gasteiger partial charge in [-0.05, 0) is 46.6 Å². The highest BCUT2D eigenvalue weighted by Crippen LogP contribution is 2.46. The first kappa shape index (κ1) is 22.2. The van der Waals surface area contributed by atoms with Crippen molar-refractivity contribution in [1.82, 2.24) is 0 Å². The van der Waals surface area contributed by atoms with Crippen LogP contribution >= 0.6 is 0 Å². The highest BCUT2D eigenvalue weighted by Gasteiger charge is 2.44. The third-order valence-electron chi connectivity index (χ3n) is 6.44. The summed E-state index contributed by atoms with van der Waals surface area (Å²) in [5, 5.41) is 0. The predicted molar refractivity (Wildman–Crippen MR) is 126 cm³/mol. The zero-order chi connectivity index (χ0) is 22.1. The summed E-state index contributed by atoms with van der Waals surface area (Å²) in [5.41, 5.74) is 5.21. The van der Waals surface area contributed by atoms with Crippen LogP contribution in [-0.4, -0.2) is 21.1 Å². The van der Waals surface area contributed by atoms with Gasteiger partial charge >= 0.3 is 0 Å². The van der Waals surface area contributed by atoms with E-state index in [2.05, 4.69) is 47.2 Å². The average Bonchev–Trinajstić information content (AvgIpc) is 2.71. The van der Waals surface area contributed by atoms with Gasteiger partial charge < -0.3 is 9.47 Å². The normalized spacial score (nSPS) is 15.7. The standard InChI is InChI=1S/C25H33NO3Si/c1-17(2)30(18(3)4,19(5)6)16-24-25(27)26(20-11-9-8-10-12-20)22-15-21(28-7)13-14-23(22)29-24/h8-19H,1-7H3/b24-16-. The van der Waals surface area contributed by atoms with Crippen molar-refractivity contribution in [3.05, 3.63) is 60.0 Å². The minimum Gasteiger partial charge on any atom is -0.497 e. The third-order valence-corrected chi connectivity index (χ3v) is 13.2. The van der Waals surface area contributed by atoms with Gasteiger partial charge in [-0.25, -0.2) is 0 Å². The molecule has 0 saturated carbocycles. The molecule has 1 aliphatic rings. The van der Waals surface area contributed by atoms with E-state index in [1.807, 2.05) is 48.5 Å². The number of benzene rings is 2. The number of nitrogens with zero attached hydrogens (tertiary/aromatic N) is 1. The fourth-order valence-electron chi connectivity index (χ4n) is 4.92. The molecule has 0 N–H and O–H groups in total. The minimum absolute atomic E-state index is 0.124. The van der Waals surface area contributed by atoms with E-state index in [1.54, 1.807) is 12.0 Å². The fourth-order valence-corrected chi connectivity index (χ4v) is 10.6. The van der Waals surface area contributed by atoms with Crippen molar-refractivity contribution in [3.63, 3.8) is 0 Å². The topological polar surface area (TPSA) is 38.8 Å². The van der Waals surface area contributed by atoms with Crippen LogP contribution in [-0.2, 0) is 4.79 Å². The Kier molecular flexibility index (Phi) is 6.41. The van der Waals surface area contributed by atoms with Gasteiger partial charge in [-0.2, -0.15) is 0 Å². The van der Waals surface area contributed by atoms with Crippen molar-refractivity contribution >= 4 is 25.4 Å². The molecule has 1 aliphatic heterocycles. The van der Waals surface area contributed by atoms with Crippen LogP contribution in [0.5, 0.6) is 11.5 Å². The first-order valence-corrected chi connectivity index (χ1v) is 13.0. The van der Waals surface area contributed by atoms with Crippen molar-refractivity contribution in [2.45, 2.75) is 58.2 Å². The number of amides is 1. The summed E-state index contributed by atoms with van der Waals surface area (Å²) in [4.78, 5) is 15.5. The van der Waals surface area contributed by atoms with Crippen LogP contribution in [0.1, 0.15) is 41.5 Å². The quantitative estimate of drug-likeness (QED) is 0.376. The maximum atomic E-state index is 13.7. The molecule has 0 bridgehead atoms. The molecule has 0 saturated heterocycles. The van der Waals surface area contributed by atoms with E-state index in [0.717, 1.165) is 5.69 Å². The van der Waals surface area contributed by atoms with Crippen molar-refractivity contribution in [1.29, 1.82) is 0 Å². The molecule has 0 aliphatic carbocycles. The molecule has 1 heterocycles. The van der Waals surface area contributed by atoms with E-state index >= 15 is 0 Å². The van der Waals surface area contributed by atoms with E-state index < -0.39 is 8.07 Å². The van der Waals surface area contributed by atoms with Gasteiger partial charge in [0.1, 0.15) is 5.75 Å². The van der Waals surface area contributed by atoms with Crippen LogP contribution in [0, 0.1) is 0 Å². The molecule has 0 aromatic heterocycles. The summed E-state index contributed by atoms with van der Waals surface area (Å²) >= 11 is 0. The van der Waals surface area contributed by atoms with Crippen LogP contribution in [0.25, 0.3) is 0 Å². The second kappa shape index (κ2) is 8.68. The first-order valence-electron chi connectivity index (χ1n) is 10.7. The van der Waals surface area contributed by atoms with E-state index in [0.29, 0.717) is 39.6 Å². The second-order valence-electron chi connectivity index (χ2n) is 8.88. The molecule has 0 unspecified atom stereocenters. The first-order chi connectivity index (χ1) is 14.2. The Morgan fingerprint density at radius 3 is 2.07 bits per heavy atom. The molecule has 30 heavy (non-hydrogen) atoms. The van der Waals surface area contributed by atoms with Gasteiger partial charge in [0, 0.05) is 11.8 Å². The zero-order valence-corrected chi connectivity index (χ0v) is 20.1. The van der Waals surface area contributed by atoms with Crippen LogP contribution < -0.4 is 14.4 Å². The lowest BCUT2D eigenvalue weighted by molar-refractivity contribution is -0.116. The molecule has 1 amide bonds. The van der Waals surface area contributed by atoms with Crippen molar-refractivity contribution < 1.29 is 14.3 Å². The van der Waals surface area contributed by atoms with Gasteiger partial charge in [-0.3, -0.25) is 9.69 Å². The van der Waals surface area contributed by atoms with E-state index in [1.165, 1.54) is 0 Å². The van der Waals surface area contributed by atoms with Crippen LogP contribution in [0.3, 0.4) is 0 Å². The van der Waals surface area contributed by atoms with Crippen molar-refractivity contribution in [2.24, 2.45) is 0 Å². The summed E-state index contributed by atoms with van der Waals surface area (Å²) in [5.74, 6) is 1.68. The summed E-state index contributed by atoms with van der Waals surface area (Å²) in [6, 6.07) is 15.3. The smallest absolute Gasteiger partial charge is 0.297 e. The number of hydrogen-bond donors (Lipinski definition) is 0. The number of methoxy groups -OCH3 is 1. The molecular weight excluding hydrogens is 390 g/mol. The summed E-state index contributed by atoms with van der Waals surface area (Å²) in [6.45, 7) is 13.7. The molecule has 0 atom stereocenters. The Bertz CT molecular complexity index is 913. The van der Waals surface area contributed by atoms with Crippen LogP contribution in [0.15, 0.2) is 60.0 Å². The van der Waals surface area contributed by atoms with Gasteiger partial charge in [0.05, 0.1) is 20.9 Å². The Labute approximate surface area is 181 Å². The summed E-state index contributed by atoms with van der Waals surface area (Å²) < 4.78 is 11.7. The Balaban J connectivity index is 2.21. The number of para-hydroxylation sites is 1. The predicted octanol–water partition coefficient (Wildman–Crippen LogP) is 6.85. The molecule has 5 heteroatoms. The highest BCUT2D eigenvalue weighted by molar-refractivity contribution is 6.88. The van der Waals surface area contributed by atoms with Crippen molar-refractivity contribution in [2.75, 3.05) is 12.0 Å². The second-order valence-corrected chi connectivity index (χ2v) is 14.6. The molecule has 0 spiro atoms. The summed E-state index contributed by atoms with van der Waals surface area (Å²) in [6.07, 6.45) is 0. The largest absolute Gasteiger partial charge is 0.497 e. The number of anilines is 2. The number of ether oxygens (including phenoxy) is 2. The molecule has 4 nitrogen and oxygen atoms in total. The van der Waals surface area contributed by atoms with Crippen molar-refractivity contribution in [3.8, 4) is 11.5 Å². The molecule has 2 aromatic rings. The lowest BCUT2D eigenvalue weighted by atomic mass is 10.1. The molecule has 0 radical (unpaired) electrons. The Hall–Kier alpha value is -2.53. The summed E-state index contributed by atoms with van der Waals surface area (Å²) in [7, 11) is -0.361. The maximum absolute atomic E-state index is 13.7. The minimum atomic E-state index is -1.99. The SMILES string of the molecule is COc1ccc2c(c1)N(c1ccccc1)C(=O)/C(=C/[Si](C(C)C)(C(C)C)C(C)C)O2. The van der Waals surface area contributed by atoms with E-state index in [-0.39, 0.29) is 5.91 Å². The number of rotatable bonds is 6. The van der Waals surface area contributed by atoms with Crippen LogP contribution in [0.2, 0.25) is 16.6 Å². The lowest BCUT2D eigenvalue weighted by Gasteiger charge is -2.41. The van der Waals surface area contributed by atoms with Gasteiger partial charge in [-0.15, -0.1) is 0 Å². The lowest BCUT2D eigenvalue weighted by Crippen LogP contribution is -2.45. The van der Waals surface area contributed by atoms with Gasteiger partial charge in [0.25, 0.3) is 5.91 Å². The number of hydrogen-bond acceptors (Lipinski definition) is 3. The average molecular weight is 424 g/mol. The third kappa shape index (κ3) is 3.78. The van der Waals surface area contributed by atoms with E-state index in [4.69, 9.17) is 9.47 Å². The molecule has 0 fully saturated rings. The number of carbonyl (C=O) groups is 1.